The van der Waals surface area contributed by atoms with Crippen LogP contribution in [0.15, 0.2) is 24.3 Å². The third-order valence-corrected chi connectivity index (χ3v) is 3.67. The van der Waals surface area contributed by atoms with Crippen molar-refractivity contribution >= 4 is 5.97 Å². The lowest BCUT2D eigenvalue weighted by atomic mass is 10.0. The molecule has 1 aliphatic heterocycles. The number of aliphatic carboxylic acids is 1. The van der Waals surface area contributed by atoms with Crippen molar-refractivity contribution in [1.82, 2.24) is 10.2 Å². The highest BCUT2D eigenvalue weighted by Gasteiger charge is 2.34. The minimum Gasteiger partial charge on any atom is -0.480 e. The van der Waals surface area contributed by atoms with Crippen LogP contribution in [0.25, 0.3) is 0 Å². The summed E-state index contributed by atoms with van der Waals surface area (Å²) in [6, 6.07) is 3.43. The van der Waals surface area contributed by atoms with Gasteiger partial charge >= 0.3 is 12.1 Å². The van der Waals surface area contributed by atoms with Gasteiger partial charge in [0, 0.05) is 25.7 Å². The number of hydrogen-bond donors (Lipinski definition) is 2. The van der Waals surface area contributed by atoms with E-state index < -0.39 is 23.8 Å². The first-order valence-electron chi connectivity index (χ1n) is 6.67. The van der Waals surface area contributed by atoms with E-state index in [0.717, 1.165) is 12.1 Å². The zero-order valence-electron chi connectivity index (χ0n) is 11.5. The Bertz CT molecular complexity index is 502. The third-order valence-electron chi connectivity index (χ3n) is 3.67. The fourth-order valence-corrected chi connectivity index (χ4v) is 2.57. The van der Waals surface area contributed by atoms with E-state index in [2.05, 4.69) is 5.32 Å². The van der Waals surface area contributed by atoms with Crippen LogP contribution >= 0.6 is 0 Å². The summed E-state index contributed by atoms with van der Waals surface area (Å²) in [5.41, 5.74) is -0.409. The average molecular weight is 302 g/mol. The molecule has 0 amide bonds. The Morgan fingerprint density at radius 1 is 1.38 bits per heavy atom. The van der Waals surface area contributed by atoms with Gasteiger partial charge in [-0.25, -0.2) is 0 Å². The molecule has 1 aliphatic rings. The second-order valence-corrected chi connectivity index (χ2v) is 5.15. The van der Waals surface area contributed by atoms with E-state index in [4.69, 9.17) is 0 Å². The van der Waals surface area contributed by atoms with Crippen molar-refractivity contribution < 1.29 is 23.1 Å². The van der Waals surface area contributed by atoms with E-state index >= 15 is 0 Å². The summed E-state index contributed by atoms with van der Waals surface area (Å²) < 4.78 is 37.7. The van der Waals surface area contributed by atoms with Gasteiger partial charge in [0.25, 0.3) is 0 Å². The molecule has 1 saturated heterocycles. The maximum absolute atomic E-state index is 12.6. The molecule has 0 saturated carbocycles. The van der Waals surface area contributed by atoms with Crippen molar-refractivity contribution in [2.75, 3.05) is 19.6 Å². The Hall–Kier alpha value is -1.60. The molecule has 1 heterocycles. The van der Waals surface area contributed by atoms with Gasteiger partial charge in [-0.1, -0.05) is 12.1 Å². The van der Waals surface area contributed by atoms with Crippen molar-refractivity contribution in [3.05, 3.63) is 35.4 Å². The molecule has 4 nitrogen and oxygen atoms in total. The lowest BCUT2D eigenvalue weighted by Gasteiger charge is -2.38. The van der Waals surface area contributed by atoms with E-state index in [1.165, 1.54) is 12.1 Å². The molecule has 2 N–H and O–H groups in total. The van der Waals surface area contributed by atoms with Gasteiger partial charge in [0.05, 0.1) is 5.56 Å². The summed E-state index contributed by atoms with van der Waals surface area (Å²) >= 11 is 0. The molecule has 0 aromatic heterocycles. The second-order valence-electron chi connectivity index (χ2n) is 5.15. The maximum atomic E-state index is 12.6. The summed E-state index contributed by atoms with van der Waals surface area (Å²) in [6.45, 7) is 3.75. The number of halogens is 3. The Morgan fingerprint density at radius 3 is 2.48 bits per heavy atom. The Labute approximate surface area is 120 Å². The number of alkyl halides is 3. The molecule has 0 aliphatic carbocycles. The number of carboxylic acids is 1. The Kier molecular flexibility index (Phi) is 4.53. The molecule has 7 heteroatoms. The molecular formula is C14H17F3N2O2. The van der Waals surface area contributed by atoms with Crippen molar-refractivity contribution in [3.63, 3.8) is 0 Å². The molecule has 1 aromatic rings. The summed E-state index contributed by atoms with van der Waals surface area (Å²) in [5, 5.41) is 12.6. The molecule has 1 aromatic carbocycles. The van der Waals surface area contributed by atoms with Gasteiger partial charge in [0.15, 0.2) is 0 Å². The zero-order chi connectivity index (χ0) is 15.6. The molecule has 1 fully saturated rings. The molecule has 0 bridgehead atoms. The molecule has 2 unspecified atom stereocenters. The van der Waals surface area contributed by atoms with Crippen molar-refractivity contribution in [1.29, 1.82) is 0 Å². The van der Waals surface area contributed by atoms with Gasteiger partial charge in [-0.2, -0.15) is 13.2 Å². The number of rotatable bonds is 3. The highest BCUT2D eigenvalue weighted by molar-refractivity contribution is 5.75. The normalized spacial score (nSPS) is 22.0. The van der Waals surface area contributed by atoms with Gasteiger partial charge < -0.3 is 10.4 Å². The molecule has 0 radical (unpaired) electrons. The summed E-state index contributed by atoms with van der Waals surface area (Å²) in [4.78, 5) is 13.3. The van der Waals surface area contributed by atoms with Gasteiger partial charge in [-0.15, -0.1) is 0 Å². The number of carbonyl (C=O) groups is 1. The lowest BCUT2D eigenvalue weighted by Crippen LogP contribution is -2.52. The van der Waals surface area contributed by atoms with Crippen LogP contribution < -0.4 is 5.32 Å². The second kappa shape index (κ2) is 6.03. The van der Waals surface area contributed by atoms with Crippen LogP contribution in [-0.2, 0) is 11.0 Å². The van der Waals surface area contributed by atoms with Crippen LogP contribution in [0.3, 0.4) is 0 Å². The summed E-state index contributed by atoms with van der Waals surface area (Å²) in [5.74, 6) is -1.05. The minimum atomic E-state index is -4.42. The van der Waals surface area contributed by atoms with Crippen LogP contribution in [0, 0.1) is 0 Å². The quantitative estimate of drug-likeness (QED) is 0.898. The number of benzene rings is 1. The van der Waals surface area contributed by atoms with E-state index in [1.54, 1.807) is 4.90 Å². The summed E-state index contributed by atoms with van der Waals surface area (Å²) in [7, 11) is 0. The predicted molar refractivity (Wildman–Crippen MR) is 70.9 cm³/mol. The number of carboxylic acid groups (broad SMARTS) is 1. The van der Waals surface area contributed by atoms with Crippen LogP contribution in [0.1, 0.15) is 24.1 Å². The Morgan fingerprint density at radius 2 is 2.00 bits per heavy atom. The smallest absolute Gasteiger partial charge is 0.416 e. The largest absolute Gasteiger partial charge is 0.480 e. The summed E-state index contributed by atoms with van der Waals surface area (Å²) in [6.07, 6.45) is -4.42. The van der Waals surface area contributed by atoms with E-state index in [0.29, 0.717) is 25.2 Å². The van der Waals surface area contributed by atoms with Crippen molar-refractivity contribution in [2.45, 2.75) is 25.2 Å². The van der Waals surface area contributed by atoms with Crippen LogP contribution in [-0.4, -0.2) is 41.7 Å². The van der Waals surface area contributed by atoms with Crippen LogP contribution in [0.2, 0.25) is 0 Å². The van der Waals surface area contributed by atoms with E-state index in [9.17, 15) is 23.1 Å². The van der Waals surface area contributed by atoms with Gasteiger partial charge in [-0.3, -0.25) is 9.69 Å². The molecule has 21 heavy (non-hydrogen) atoms. The third kappa shape index (κ3) is 3.54. The fraction of sp³-hybridized carbons (Fsp3) is 0.500. The van der Waals surface area contributed by atoms with Crippen LogP contribution in [0.5, 0.6) is 0 Å². The predicted octanol–water partition coefficient (Wildman–Crippen LogP) is 2.12. The molecule has 2 rings (SSSR count). The maximum Gasteiger partial charge on any atom is 0.416 e. The van der Waals surface area contributed by atoms with Gasteiger partial charge in [-0.05, 0) is 24.6 Å². The van der Waals surface area contributed by atoms with Crippen LogP contribution in [0.4, 0.5) is 13.2 Å². The Balaban J connectivity index is 2.28. The first-order chi connectivity index (χ1) is 9.80. The first kappa shape index (κ1) is 15.8. The average Bonchev–Trinajstić information content (AvgIpc) is 2.40. The first-order valence-corrected chi connectivity index (χ1v) is 6.67. The van der Waals surface area contributed by atoms with Crippen molar-refractivity contribution in [3.8, 4) is 0 Å². The van der Waals surface area contributed by atoms with Crippen molar-refractivity contribution in [2.24, 2.45) is 0 Å². The highest BCUT2D eigenvalue weighted by atomic mass is 19.4. The topological polar surface area (TPSA) is 52.6 Å². The fourth-order valence-electron chi connectivity index (χ4n) is 2.57. The molecular weight excluding hydrogens is 285 g/mol. The van der Waals surface area contributed by atoms with Gasteiger partial charge in [0.1, 0.15) is 6.04 Å². The number of hydrogen-bond acceptors (Lipinski definition) is 3. The number of nitrogens with zero attached hydrogens (tertiary/aromatic N) is 1. The molecule has 116 valence electrons. The zero-order valence-corrected chi connectivity index (χ0v) is 11.5. The van der Waals surface area contributed by atoms with E-state index in [1.807, 2.05) is 6.92 Å². The minimum absolute atomic E-state index is 0.00198. The van der Waals surface area contributed by atoms with Gasteiger partial charge in [0.2, 0.25) is 0 Å². The standard InChI is InChI=1S/C14H17F3N2O2/c1-9-8-18-6-7-19(9)12(13(20)21)10-2-4-11(5-3-10)14(15,16)17/h2-5,9,12,18H,6-8H2,1H3,(H,20,21). The molecule has 2 atom stereocenters. The monoisotopic (exact) mass is 302 g/mol. The number of nitrogens with one attached hydrogen (secondary N) is 1. The molecule has 0 spiro atoms. The highest BCUT2D eigenvalue weighted by Crippen LogP contribution is 2.31. The lowest BCUT2D eigenvalue weighted by molar-refractivity contribution is -0.145. The number of piperazine rings is 1. The van der Waals surface area contributed by atoms with E-state index in [-0.39, 0.29) is 6.04 Å². The SMILES string of the molecule is CC1CNCCN1C(C(=O)O)c1ccc(C(F)(F)F)cc1.